The van der Waals surface area contributed by atoms with Crippen molar-refractivity contribution >= 4 is 29.0 Å². The van der Waals surface area contributed by atoms with Gasteiger partial charge in [0.15, 0.2) is 0 Å². The zero-order valence-corrected chi connectivity index (χ0v) is 21.4. The van der Waals surface area contributed by atoms with Crippen molar-refractivity contribution in [2.45, 2.75) is 34.1 Å². The molecule has 1 amide bonds. The van der Waals surface area contributed by atoms with E-state index in [0.29, 0.717) is 23.9 Å². The first-order chi connectivity index (χ1) is 16.1. The van der Waals surface area contributed by atoms with Crippen LogP contribution in [0.15, 0.2) is 54.6 Å². The van der Waals surface area contributed by atoms with Gasteiger partial charge in [-0.3, -0.25) is 0 Å². The van der Waals surface area contributed by atoms with Crippen LogP contribution in [0.1, 0.15) is 39.7 Å². The lowest BCUT2D eigenvalue weighted by atomic mass is 10.00. The Morgan fingerprint density at radius 2 is 1.58 bits per heavy atom. The minimum atomic E-state index is -0.319. The molecular formula is C27H38ClN3O2. The molecule has 6 heteroatoms. The summed E-state index contributed by atoms with van der Waals surface area (Å²) in [4.78, 5) is 18.9. The molecule has 1 saturated heterocycles. The van der Waals surface area contributed by atoms with E-state index in [2.05, 4.69) is 35.1 Å². The van der Waals surface area contributed by atoms with Crippen LogP contribution in [-0.2, 0) is 0 Å². The summed E-state index contributed by atoms with van der Waals surface area (Å²) >= 11 is 6.41. The van der Waals surface area contributed by atoms with Gasteiger partial charge in [-0.2, -0.15) is 0 Å². The van der Waals surface area contributed by atoms with Gasteiger partial charge in [0, 0.05) is 45.3 Å². The van der Waals surface area contributed by atoms with Gasteiger partial charge in [0.1, 0.15) is 5.75 Å². The van der Waals surface area contributed by atoms with E-state index in [1.807, 2.05) is 52.0 Å². The number of ether oxygens (including phenoxy) is 1. The number of hydrogen-bond donors (Lipinski definition) is 0. The fourth-order valence-corrected chi connectivity index (χ4v) is 4.00. The highest BCUT2D eigenvalue weighted by molar-refractivity contribution is 6.33. The molecule has 0 bridgehead atoms. The number of rotatable bonds is 3. The average Bonchev–Trinajstić information content (AvgIpc) is 2.89. The molecule has 5 nitrogen and oxygen atoms in total. The van der Waals surface area contributed by atoms with Crippen LogP contribution in [0.5, 0.6) is 5.75 Å². The highest BCUT2D eigenvalue weighted by atomic mass is 35.5. The van der Waals surface area contributed by atoms with Gasteiger partial charge in [-0.05, 0) is 36.7 Å². The molecule has 0 radical (unpaired) electrons. The quantitative estimate of drug-likeness (QED) is 0.516. The highest BCUT2D eigenvalue weighted by Crippen LogP contribution is 2.31. The Kier molecular flexibility index (Phi) is 11.3. The maximum atomic E-state index is 12.6. The Labute approximate surface area is 204 Å². The number of piperazine rings is 1. The number of anilines is 1. The lowest BCUT2D eigenvalue weighted by Gasteiger charge is -2.34. The summed E-state index contributed by atoms with van der Waals surface area (Å²) in [5, 5.41) is 0.683. The Hall–Kier alpha value is -2.50. The van der Waals surface area contributed by atoms with E-state index in [9.17, 15) is 4.79 Å². The van der Waals surface area contributed by atoms with Gasteiger partial charge >= 0.3 is 6.09 Å². The van der Waals surface area contributed by atoms with Crippen molar-refractivity contribution in [3.8, 4) is 5.75 Å². The maximum absolute atomic E-state index is 12.6. The third-order valence-electron chi connectivity index (χ3n) is 5.58. The summed E-state index contributed by atoms with van der Waals surface area (Å²) in [6, 6.07) is 15.7. The summed E-state index contributed by atoms with van der Waals surface area (Å²) < 4.78 is 5.66. The van der Waals surface area contributed by atoms with Crippen LogP contribution in [0.4, 0.5) is 10.5 Å². The molecule has 2 aromatic carbocycles. The van der Waals surface area contributed by atoms with Gasteiger partial charge in [-0.25, -0.2) is 4.79 Å². The van der Waals surface area contributed by atoms with Crippen LogP contribution >= 0.6 is 11.6 Å². The molecule has 0 aliphatic carbocycles. The van der Waals surface area contributed by atoms with Crippen LogP contribution < -0.4 is 9.64 Å². The van der Waals surface area contributed by atoms with Crippen molar-refractivity contribution in [1.29, 1.82) is 0 Å². The highest BCUT2D eigenvalue weighted by Gasteiger charge is 2.21. The summed E-state index contributed by atoms with van der Waals surface area (Å²) in [5.41, 5.74) is 3.42. The molecule has 33 heavy (non-hydrogen) atoms. The van der Waals surface area contributed by atoms with Crippen molar-refractivity contribution in [1.82, 2.24) is 9.80 Å². The number of carbonyl (C=O) groups excluding carboxylic acids is 1. The lowest BCUT2D eigenvalue weighted by Crippen LogP contribution is -2.44. The monoisotopic (exact) mass is 471 g/mol. The van der Waals surface area contributed by atoms with E-state index in [0.717, 1.165) is 38.3 Å². The molecular weight excluding hydrogens is 434 g/mol. The van der Waals surface area contributed by atoms with Crippen LogP contribution in [0.2, 0.25) is 5.02 Å². The van der Waals surface area contributed by atoms with Gasteiger partial charge in [-0.1, -0.05) is 75.7 Å². The molecule has 2 aromatic rings. The second kappa shape index (κ2) is 13.9. The number of halogens is 1. The Morgan fingerprint density at radius 3 is 2.18 bits per heavy atom. The molecule has 2 aliphatic rings. The van der Waals surface area contributed by atoms with E-state index < -0.39 is 0 Å². The first-order valence-electron chi connectivity index (χ1n) is 12.0. The van der Waals surface area contributed by atoms with E-state index >= 15 is 0 Å². The molecule has 2 aliphatic heterocycles. The fourth-order valence-electron chi connectivity index (χ4n) is 3.76. The molecule has 180 valence electrons. The third-order valence-corrected chi connectivity index (χ3v) is 5.90. The molecule has 0 unspecified atom stereocenters. The van der Waals surface area contributed by atoms with E-state index in [1.165, 1.54) is 11.1 Å². The van der Waals surface area contributed by atoms with Gasteiger partial charge in [0.05, 0.1) is 10.7 Å². The minimum absolute atomic E-state index is 0.319. The summed E-state index contributed by atoms with van der Waals surface area (Å²) in [7, 11) is 2.12. The van der Waals surface area contributed by atoms with Crippen LogP contribution in [0.25, 0.3) is 5.57 Å². The lowest BCUT2D eigenvalue weighted by molar-refractivity contribution is 0.157. The molecule has 0 saturated carbocycles. The Balaban J connectivity index is 0.000000914. The van der Waals surface area contributed by atoms with Gasteiger partial charge in [0.25, 0.3) is 0 Å². The number of amides is 1. The number of likely N-dealkylation sites (N-methyl/N-ethyl adjacent to an activating group) is 1. The van der Waals surface area contributed by atoms with Crippen molar-refractivity contribution in [3.05, 3.63) is 65.2 Å². The average molecular weight is 472 g/mol. The second-order valence-electron chi connectivity index (χ2n) is 7.56. The van der Waals surface area contributed by atoms with E-state index in [1.54, 1.807) is 17.0 Å². The van der Waals surface area contributed by atoms with Gasteiger partial charge in [-0.15, -0.1) is 0 Å². The Morgan fingerprint density at radius 1 is 0.909 bits per heavy atom. The predicted octanol–water partition coefficient (Wildman–Crippen LogP) is 6.43. The third kappa shape index (κ3) is 7.51. The first kappa shape index (κ1) is 26.7. The first-order valence-corrected chi connectivity index (χ1v) is 12.4. The molecule has 0 aromatic heterocycles. The molecule has 1 fully saturated rings. The van der Waals surface area contributed by atoms with Gasteiger partial charge < -0.3 is 19.4 Å². The maximum Gasteiger partial charge on any atom is 0.415 e. The summed E-state index contributed by atoms with van der Waals surface area (Å²) in [6.45, 7) is 13.0. The smallest absolute Gasteiger partial charge is 0.410 e. The number of carbonyl (C=O) groups is 1. The standard InChI is InChI=1S/C23H26ClN3O2.2C2H6/c1-25-13-15-26(16-14-25)22-17-20(7-8-21(22)24)29-23(28)27-11-9-19(10-12-27)18-5-3-2-4-6-18;2*1-2/h2-9,17H,10-16H2,1H3;2*1-2H3. The molecule has 0 spiro atoms. The summed E-state index contributed by atoms with van der Waals surface area (Å²) in [5.74, 6) is 0.533. The molecule has 0 N–H and O–H groups in total. The van der Waals surface area contributed by atoms with Gasteiger partial charge in [0.2, 0.25) is 0 Å². The van der Waals surface area contributed by atoms with Crippen LogP contribution in [-0.4, -0.2) is 62.2 Å². The minimum Gasteiger partial charge on any atom is -0.410 e. The van der Waals surface area contributed by atoms with Crippen LogP contribution in [0, 0.1) is 0 Å². The topological polar surface area (TPSA) is 36.0 Å². The van der Waals surface area contributed by atoms with Crippen LogP contribution in [0.3, 0.4) is 0 Å². The number of nitrogens with zero attached hydrogens (tertiary/aromatic N) is 3. The SMILES string of the molecule is CC.CC.CN1CCN(c2cc(OC(=O)N3CC=C(c4ccccc4)CC3)ccc2Cl)CC1. The van der Waals surface area contributed by atoms with Crippen molar-refractivity contribution in [2.24, 2.45) is 0 Å². The zero-order valence-electron chi connectivity index (χ0n) is 20.7. The largest absolute Gasteiger partial charge is 0.415 e. The Bertz CT molecular complexity index is 893. The number of benzene rings is 2. The van der Waals surface area contributed by atoms with Crippen molar-refractivity contribution in [3.63, 3.8) is 0 Å². The second-order valence-corrected chi connectivity index (χ2v) is 7.97. The van der Waals surface area contributed by atoms with Crippen molar-refractivity contribution in [2.75, 3.05) is 51.2 Å². The zero-order chi connectivity index (χ0) is 24.2. The normalized spacial score (nSPS) is 16.0. The van der Waals surface area contributed by atoms with E-state index in [4.69, 9.17) is 16.3 Å². The fraction of sp³-hybridized carbons (Fsp3) is 0.444. The molecule has 0 atom stereocenters. The predicted molar refractivity (Wildman–Crippen MR) is 140 cm³/mol. The number of hydrogen-bond acceptors (Lipinski definition) is 4. The van der Waals surface area contributed by atoms with Crippen molar-refractivity contribution < 1.29 is 9.53 Å². The molecule has 2 heterocycles. The van der Waals surface area contributed by atoms with E-state index in [-0.39, 0.29) is 6.09 Å². The molecule has 4 rings (SSSR count). The summed E-state index contributed by atoms with van der Waals surface area (Å²) in [6.07, 6.45) is 2.61.